The standard InChI is InChI=1S/C28H31N3O/c1-28(2)17-26(32)31-14-10-21-15-19(16-24(28)27(21)31)7-11-30-12-8-20(9-13-30)23-18-29-25-6-4-3-5-22(23)25/h3-6,8,15-16,18,29H,7,9-14,17H2,1-2H3. The van der Waals surface area contributed by atoms with Crippen LogP contribution in [0.15, 0.2) is 48.7 Å². The molecular formula is C28H31N3O. The lowest BCUT2D eigenvalue weighted by Gasteiger charge is -2.37. The van der Waals surface area contributed by atoms with Crippen LogP contribution < -0.4 is 4.90 Å². The van der Waals surface area contributed by atoms with Crippen molar-refractivity contribution in [3.05, 3.63) is 70.9 Å². The zero-order chi connectivity index (χ0) is 21.9. The summed E-state index contributed by atoms with van der Waals surface area (Å²) in [5.41, 5.74) is 9.37. The van der Waals surface area contributed by atoms with Crippen molar-refractivity contribution in [1.82, 2.24) is 9.88 Å². The van der Waals surface area contributed by atoms with Gasteiger partial charge in [-0.2, -0.15) is 0 Å². The van der Waals surface area contributed by atoms with Gasteiger partial charge in [-0.3, -0.25) is 9.69 Å². The number of rotatable bonds is 4. The Hall–Kier alpha value is -2.85. The molecule has 1 N–H and O–H groups in total. The van der Waals surface area contributed by atoms with Crippen LogP contribution in [-0.2, 0) is 23.1 Å². The Morgan fingerprint density at radius 2 is 1.97 bits per heavy atom. The van der Waals surface area contributed by atoms with Gasteiger partial charge in [-0.1, -0.05) is 50.3 Å². The first-order chi connectivity index (χ1) is 15.5. The summed E-state index contributed by atoms with van der Waals surface area (Å²) < 4.78 is 0. The van der Waals surface area contributed by atoms with Crippen molar-refractivity contribution in [3.63, 3.8) is 0 Å². The first-order valence-electron chi connectivity index (χ1n) is 11.9. The number of hydrogen-bond acceptors (Lipinski definition) is 2. The SMILES string of the molecule is CC1(C)CC(=O)N2CCc3cc(CCN4CC=C(c5c[nH]c6ccccc56)CC4)cc1c32. The van der Waals surface area contributed by atoms with E-state index < -0.39 is 0 Å². The minimum Gasteiger partial charge on any atom is -0.361 e. The summed E-state index contributed by atoms with van der Waals surface area (Å²) in [6.07, 6.45) is 8.37. The molecule has 0 saturated carbocycles. The number of amides is 1. The molecule has 3 aromatic rings. The highest BCUT2D eigenvalue weighted by Crippen LogP contribution is 2.45. The molecule has 3 aliphatic heterocycles. The molecule has 0 fully saturated rings. The molecular weight excluding hydrogens is 394 g/mol. The molecule has 6 rings (SSSR count). The van der Waals surface area contributed by atoms with E-state index in [1.165, 1.54) is 44.4 Å². The monoisotopic (exact) mass is 425 g/mol. The van der Waals surface area contributed by atoms with E-state index in [-0.39, 0.29) is 5.41 Å². The van der Waals surface area contributed by atoms with Crippen LogP contribution in [0.3, 0.4) is 0 Å². The molecule has 0 bridgehead atoms. The van der Waals surface area contributed by atoms with Gasteiger partial charge in [0.15, 0.2) is 0 Å². The van der Waals surface area contributed by atoms with Crippen molar-refractivity contribution in [2.45, 2.75) is 44.9 Å². The van der Waals surface area contributed by atoms with Gasteiger partial charge in [0, 0.05) is 60.7 Å². The highest BCUT2D eigenvalue weighted by atomic mass is 16.2. The van der Waals surface area contributed by atoms with Crippen LogP contribution in [0.1, 0.15) is 48.9 Å². The molecule has 2 aromatic carbocycles. The van der Waals surface area contributed by atoms with Crippen LogP contribution >= 0.6 is 0 Å². The lowest BCUT2D eigenvalue weighted by molar-refractivity contribution is -0.120. The number of benzene rings is 2. The number of anilines is 1. The van der Waals surface area contributed by atoms with Gasteiger partial charge in [0.25, 0.3) is 0 Å². The van der Waals surface area contributed by atoms with Crippen molar-refractivity contribution in [3.8, 4) is 0 Å². The molecule has 0 atom stereocenters. The first kappa shape index (κ1) is 19.8. The highest BCUT2D eigenvalue weighted by molar-refractivity contribution is 6.00. The van der Waals surface area contributed by atoms with Crippen LogP contribution in [0.25, 0.3) is 16.5 Å². The van der Waals surface area contributed by atoms with E-state index in [4.69, 9.17) is 0 Å². The first-order valence-corrected chi connectivity index (χ1v) is 11.9. The molecule has 0 unspecified atom stereocenters. The predicted molar refractivity (Wildman–Crippen MR) is 131 cm³/mol. The molecule has 3 aliphatic rings. The molecule has 4 heterocycles. The quantitative estimate of drug-likeness (QED) is 0.634. The minimum atomic E-state index is -0.0693. The number of carbonyl (C=O) groups is 1. The fourth-order valence-electron chi connectivity index (χ4n) is 5.88. The lowest BCUT2D eigenvalue weighted by atomic mass is 9.76. The van der Waals surface area contributed by atoms with Crippen LogP contribution in [0.2, 0.25) is 0 Å². The van der Waals surface area contributed by atoms with Crippen LogP contribution in [0.5, 0.6) is 0 Å². The number of nitrogens with zero attached hydrogens (tertiary/aromatic N) is 2. The molecule has 1 amide bonds. The Morgan fingerprint density at radius 3 is 2.81 bits per heavy atom. The van der Waals surface area contributed by atoms with Crippen molar-refractivity contribution in [1.29, 1.82) is 0 Å². The van der Waals surface area contributed by atoms with Gasteiger partial charge >= 0.3 is 0 Å². The maximum atomic E-state index is 12.6. The van der Waals surface area contributed by atoms with Crippen molar-refractivity contribution >= 4 is 28.1 Å². The smallest absolute Gasteiger partial charge is 0.227 e. The van der Waals surface area contributed by atoms with E-state index in [0.29, 0.717) is 12.3 Å². The van der Waals surface area contributed by atoms with Crippen molar-refractivity contribution in [2.24, 2.45) is 0 Å². The molecule has 0 spiro atoms. The summed E-state index contributed by atoms with van der Waals surface area (Å²) in [6, 6.07) is 13.3. The number of fused-ring (bicyclic) bond motifs is 1. The Labute approximate surface area is 189 Å². The van der Waals surface area contributed by atoms with Gasteiger partial charge in [-0.15, -0.1) is 0 Å². The molecule has 4 nitrogen and oxygen atoms in total. The molecule has 4 heteroatoms. The summed E-state index contributed by atoms with van der Waals surface area (Å²) >= 11 is 0. The van der Waals surface area contributed by atoms with E-state index in [0.717, 1.165) is 45.4 Å². The fraction of sp³-hybridized carbons (Fsp3) is 0.393. The predicted octanol–water partition coefficient (Wildman–Crippen LogP) is 5.07. The Kier molecular flexibility index (Phi) is 4.55. The number of H-pyrrole nitrogens is 1. The Bertz CT molecular complexity index is 1250. The highest BCUT2D eigenvalue weighted by Gasteiger charge is 2.40. The Morgan fingerprint density at radius 1 is 1.09 bits per heavy atom. The van der Waals surface area contributed by atoms with Crippen molar-refractivity contribution in [2.75, 3.05) is 31.1 Å². The minimum absolute atomic E-state index is 0.0693. The zero-order valence-electron chi connectivity index (χ0n) is 19.1. The number of nitrogens with one attached hydrogen (secondary N) is 1. The number of hydrogen-bond donors (Lipinski definition) is 1. The number of carbonyl (C=O) groups excluding carboxylic acids is 1. The largest absolute Gasteiger partial charge is 0.361 e. The third-order valence-electron chi connectivity index (χ3n) is 7.69. The van der Waals surface area contributed by atoms with E-state index in [1.54, 1.807) is 0 Å². The van der Waals surface area contributed by atoms with Gasteiger partial charge in [-0.05, 0) is 47.6 Å². The third kappa shape index (κ3) is 3.20. The summed E-state index contributed by atoms with van der Waals surface area (Å²) in [5.74, 6) is 0.292. The second kappa shape index (κ2) is 7.35. The van der Waals surface area contributed by atoms with Gasteiger partial charge in [0.05, 0.1) is 5.69 Å². The summed E-state index contributed by atoms with van der Waals surface area (Å²) in [4.78, 5) is 20.6. The topological polar surface area (TPSA) is 39.3 Å². The summed E-state index contributed by atoms with van der Waals surface area (Å²) in [6.45, 7) is 8.51. The molecule has 0 radical (unpaired) electrons. The molecule has 1 aromatic heterocycles. The van der Waals surface area contributed by atoms with E-state index in [9.17, 15) is 4.79 Å². The van der Waals surface area contributed by atoms with Crippen LogP contribution in [0.4, 0.5) is 5.69 Å². The van der Waals surface area contributed by atoms with Crippen LogP contribution in [-0.4, -0.2) is 42.0 Å². The summed E-state index contributed by atoms with van der Waals surface area (Å²) in [5, 5.41) is 1.33. The second-order valence-electron chi connectivity index (χ2n) is 10.3. The van der Waals surface area contributed by atoms with Gasteiger partial charge in [-0.25, -0.2) is 0 Å². The maximum absolute atomic E-state index is 12.6. The van der Waals surface area contributed by atoms with E-state index >= 15 is 0 Å². The number of aromatic nitrogens is 1. The normalized spacial score (nSPS) is 20.0. The van der Waals surface area contributed by atoms with Crippen molar-refractivity contribution < 1.29 is 4.79 Å². The molecule has 0 saturated heterocycles. The zero-order valence-corrected chi connectivity index (χ0v) is 19.1. The maximum Gasteiger partial charge on any atom is 0.227 e. The van der Waals surface area contributed by atoms with Gasteiger partial charge in [0.1, 0.15) is 0 Å². The Balaban J connectivity index is 1.17. The average molecular weight is 426 g/mol. The number of para-hydroxylation sites is 1. The lowest BCUT2D eigenvalue weighted by Crippen LogP contribution is -2.40. The van der Waals surface area contributed by atoms with E-state index in [1.807, 2.05) is 4.90 Å². The fourth-order valence-corrected chi connectivity index (χ4v) is 5.88. The molecule has 164 valence electrons. The number of aromatic amines is 1. The molecule has 32 heavy (non-hydrogen) atoms. The molecule has 0 aliphatic carbocycles. The summed E-state index contributed by atoms with van der Waals surface area (Å²) in [7, 11) is 0. The average Bonchev–Trinajstić information content (AvgIpc) is 3.41. The van der Waals surface area contributed by atoms with E-state index in [2.05, 4.69) is 72.4 Å². The van der Waals surface area contributed by atoms with Gasteiger partial charge < -0.3 is 9.88 Å². The third-order valence-corrected chi connectivity index (χ3v) is 7.69. The second-order valence-corrected chi connectivity index (χ2v) is 10.3. The van der Waals surface area contributed by atoms with Crippen LogP contribution in [0, 0.1) is 0 Å². The van der Waals surface area contributed by atoms with Gasteiger partial charge in [0.2, 0.25) is 5.91 Å².